The number of carbonyl (C=O) groups is 1. The summed E-state index contributed by atoms with van der Waals surface area (Å²) in [5.41, 5.74) is 7.22. The van der Waals surface area contributed by atoms with Gasteiger partial charge in [0.2, 0.25) is 11.8 Å². The number of rotatable bonds is 8. The number of hydrogen-bond donors (Lipinski definition) is 2. The van der Waals surface area contributed by atoms with Gasteiger partial charge in [0.25, 0.3) is 0 Å². The summed E-state index contributed by atoms with van der Waals surface area (Å²) in [6.07, 6.45) is 4.73. The minimum absolute atomic E-state index is 0.152. The van der Waals surface area contributed by atoms with Crippen LogP contribution in [0.25, 0.3) is 11.5 Å². The zero-order valence-corrected chi connectivity index (χ0v) is 13.7. The summed E-state index contributed by atoms with van der Waals surface area (Å²) in [7, 11) is 0. The van der Waals surface area contributed by atoms with E-state index in [9.17, 15) is 9.18 Å². The van der Waals surface area contributed by atoms with Crippen LogP contribution in [0.15, 0.2) is 34.9 Å². The number of aromatic nitrogens is 1. The van der Waals surface area contributed by atoms with E-state index in [1.807, 2.05) is 6.26 Å². The minimum Gasteiger partial charge on any atom is -0.444 e. The van der Waals surface area contributed by atoms with Crippen LogP contribution in [0.2, 0.25) is 0 Å². The lowest BCUT2D eigenvalue weighted by Crippen LogP contribution is -2.41. The lowest BCUT2D eigenvalue weighted by atomic mass is 10.2. The zero-order chi connectivity index (χ0) is 16.7. The molecule has 1 amide bonds. The fourth-order valence-corrected chi connectivity index (χ4v) is 2.46. The molecule has 2 aromatic rings. The largest absolute Gasteiger partial charge is 0.444 e. The molecule has 0 aliphatic heterocycles. The minimum atomic E-state index is -0.477. The number of carbonyl (C=O) groups excluding carboxylic acids is 1. The maximum atomic E-state index is 12.9. The third kappa shape index (κ3) is 5.37. The average Bonchev–Trinajstić information content (AvgIpc) is 3.02. The van der Waals surface area contributed by atoms with Gasteiger partial charge in [0.1, 0.15) is 12.1 Å². The molecule has 0 fully saturated rings. The Labute approximate surface area is 138 Å². The summed E-state index contributed by atoms with van der Waals surface area (Å²) in [5.74, 6) is 0.837. The summed E-state index contributed by atoms with van der Waals surface area (Å²) in [4.78, 5) is 16.1. The number of benzene rings is 1. The molecule has 7 heteroatoms. The Bertz CT molecular complexity index is 631. The highest BCUT2D eigenvalue weighted by molar-refractivity contribution is 7.98. The average molecular weight is 337 g/mol. The van der Waals surface area contributed by atoms with E-state index in [2.05, 4.69) is 10.3 Å². The highest BCUT2D eigenvalue weighted by Crippen LogP contribution is 2.18. The van der Waals surface area contributed by atoms with Gasteiger partial charge in [-0.25, -0.2) is 9.37 Å². The first-order chi connectivity index (χ1) is 11.1. The molecule has 1 aromatic heterocycles. The second-order valence-corrected chi connectivity index (χ2v) is 6.07. The Morgan fingerprint density at radius 3 is 2.87 bits per heavy atom. The topological polar surface area (TPSA) is 81.2 Å². The molecule has 0 radical (unpaired) electrons. The van der Waals surface area contributed by atoms with Gasteiger partial charge >= 0.3 is 0 Å². The summed E-state index contributed by atoms with van der Waals surface area (Å²) in [6, 6.07) is 5.45. The maximum Gasteiger partial charge on any atom is 0.236 e. The first-order valence-electron chi connectivity index (χ1n) is 7.32. The Morgan fingerprint density at radius 1 is 1.43 bits per heavy atom. The van der Waals surface area contributed by atoms with Crippen molar-refractivity contribution in [3.05, 3.63) is 42.0 Å². The van der Waals surface area contributed by atoms with Gasteiger partial charge < -0.3 is 15.5 Å². The van der Waals surface area contributed by atoms with Gasteiger partial charge in [0.15, 0.2) is 0 Å². The van der Waals surface area contributed by atoms with Crippen molar-refractivity contribution in [1.29, 1.82) is 0 Å². The number of amides is 1. The van der Waals surface area contributed by atoms with Crippen LogP contribution < -0.4 is 11.1 Å². The van der Waals surface area contributed by atoms with Crippen molar-refractivity contribution < 1.29 is 13.6 Å². The lowest BCUT2D eigenvalue weighted by molar-refractivity contribution is -0.122. The predicted octanol–water partition coefficient (Wildman–Crippen LogP) is 2.22. The van der Waals surface area contributed by atoms with Crippen LogP contribution in [0, 0.1) is 5.82 Å². The van der Waals surface area contributed by atoms with Crippen LogP contribution in [0.3, 0.4) is 0 Å². The van der Waals surface area contributed by atoms with Crippen LogP contribution in [0.5, 0.6) is 0 Å². The van der Waals surface area contributed by atoms with E-state index in [1.54, 1.807) is 30.2 Å². The number of nitrogens with one attached hydrogen (secondary N) is 1. The summed E-state index contributed by atoms with van der Waals surface area (Å²) in [5, 5.41) is 2.79. The fourth-order valence-electron chi connectivity index (χ4n) is 1.97. The molecule has 0 unspecified atom stereocenters. The van der Waals surface area contributed by atoms with Crippen molar-refractivity contribution >= 4 is 17.7 Å². The van der Waals surface area contributed by atoms with Gasteiger partial charge in [0.05, 0.1) is 11.7 Å². The molecule has 0 saturated carbocycles. The van der Waals surface area contributed by atoms with Crippen molar-refractivity contribution in [1.82, 2.24) is 10.3 Å². The molecule has 1 aromatic carbocycles. The van der Waals surface area contributed by atoms with Gasteiger partial charge in [-0.15, -0.1) is 0 Å². The zero-order valence-electron chi connectivity index (χ0n) is 12.9. The summed E-state index contributed by atoms with van der Waals surface area (Å²) in [6.45, 7) is 0.446. The Kier molecular flexibility index (Phi) is 6.61. The van der Waals surface area contributed by atoms with Crippen LogP contribution in [0.4, 0.5) is 4.39 Å². The monoisotopic (exact) mass is 337 g/mol. The number of thioether (sulfide) groups is 1. The second-order valence-electron chi connectivity index (χ2n) is 5.08. The molecule has 0 aliphatic carbocycles. The van der Waals surface area contributed by atoms with E-state index in [-0.39, 0.29) is 11.7 Å². The molecule has 1 heterocycles. The van der Waals surface area contributed by atoms with Crippen LogP contribution in [0.1, 0.15) is 12.1 Å². The first kappa shape index (κ1) is 17.5. The number of nitrogens with zero attached hydrogens (tertiary/aromatic N) is 1. The van der Waals surface area contributed by atoms with E-state index in [0.717, 1.165) is 11.4 Å². The molecule has 1 atom stereocenters. The highest BCUT2D eigenvalue weighted by Gasteiger charge is 2.12. The Balaban J connectivity index is 1.81. The lowest BCUT2D eigenvalue weighted by Gasteiger charge is -2.10. The SMILES string of the molecule is CSCC[C@H](N)C(=O)NCCc1coc(-c2ccc(F)cc2)n1. The molecule has 2 rings (SSSR count). The van der Waals surface area contributed by atoms with Gasteiger partial charge in [-0.1, -0.05) is 0 Å². The quantitative estimate of drug-likeness (QED) is 0.772. The number of oxazole rings is 1. The van der Waals surface area contributed by atoms with Gasteiger partial charge in [-0.2, -0.15) is 11.8 Å². The van der Waals surface area contributed by atoms with Crippen LogP contribution >= 0.6 is 11.8 Å². The van der Waals surface area contributed by atoms with Crippen molar-refractivity contribution in [3.63, 3.8) is 0 Å². The Morgan fingerprint density at radius 2 is 2.17 bits per heavy atom. The molecule has 0 saturated heterocycles. The standard InChI is InChI=1S/C16H20FN3O2S/c1-23-9-7-14(18)15(21)19-8-6-13-10-22-16(20-13)11-2-4-12(17)5-3-11/h2-5,10,14H,6-9,18H2,1H3,(H,19,21)/t14-/m0/s1. The van der Waals surface area contributed by atoms with Crippen molar-refractivity contribution in [2.75, 3.05) is 18.6 Å². The van der Waals surface area contributed by atoms with E-state index < -0.39 is 6.04 Å². The Hall–Kier alpha value is -1.86. The highest BCUT2D eigenvalue weighted by atomic mass is 32.2. The van der Waals surface area contributed by atoms with Crippen molar-refractivity contribution in [2.24, 2.45) is 5.73 Å². The van der Waals surface area contributed by atoms with Crippen LogP contribution in [-0.4, -0.2) is 35.5 Å². The summed E-state index contributed by atoms with van der Waals surface area (Å²) >= 11 is 1.66. The van der Waals surface area contributed by atoms with Crippen molar-refractivity contribution in [2.45, 2.75) is 18.9 Å². The molecule has 0 aliphatic rings. The number of nitrogens with two attached hydrogens (primary N) is 1. The van der Waals surface area contributed by atoms with E-state index in [0.29, 0.717) is 30.8 Å². The molecular formula is C16H20FN3O2S. The second kappa shape index (κ2) is 8.69. The van der Waals surface area contributed by atoms with E-state index >= 15 is 0 Å². The number of halogens is 1. The van der Waals surface area contributed by atoms with Gasteiger partial charge in [0, 0.05) is 18.5 Å². The van der Waals surface area contributed by atoms with Crippen molar-refractivity contribution in [3.8, 4) is 11.5 Å². The van der Waals surface area contributed by atoms with Gasteiger partial charge in [-0.05, 0) is 42.7 Å². The smallest absolute Gasteiger partial charge is 0.236 e. The molecule has 124 valence electrons. The van der Waals surface area contributed by atoms with Crippen LogP contribution in [-0.2, 0) is 11.2 Å². The van der Waals surface area contributed by atoms with E-state index in [4.69, 9.17) is 10.2 Å². The molecule has 23 heavy (non-hydrogen) atoms. The molecule has 3 N–H and O–H groups in total. The summed E-state index contributed by atoms with van der Waals surface area (Å²) < 4.78 is 18.3. The predicted molar refractivity (Wildman–Crippen MR) is 89.6 cm³/mol. The van der Waals surface area contributed by atoms with E-state index in [1.165, 1.54) is 12.1 Å². The number of hydrogen-bond acceptors (Lipinski definition) is 5. The molecule has 0 spiro atoms. The molecular weight excluding hydrogens is 317 g/mol. The third-order valence-corrected chi connectivity index (χ3v) is 3.94. The maximum absolute atomic E-state index is 12.9. The third-order valence-electron chi connectivity index (χ3n) is 3.29. The molecule has 5 nitrogen and oxygen atoms in total. The first-order valence-corrected chi connectivity index (χ1v) is 8.72. The van der Waals surface area contributed by atoms with Gasteiger partial charge in [-0.3, -0.25) is 4.79 Å². The fraction of sp³-hybridized carbons (Fsp3) is 0.375. The normalized spacial score (nSPS) is 12.1. The molecule has 0 bridgehead atoms.